The predicted molar refractivity (Wildman–Crippen MR) is 136 cm³/mol. The molecule has 4 rings (SSSR count). The summed E-state index contributed by atoms with van der Waals surface area (Å²) in [5.74, 6) is 1.70. The molecule has 0 atom stereocenters. The molecule has 2 N–H and O–H groups in total. The second-order valence-electron chi connectivity index (χ2n) is 7.68. The van der Waals surface area contributed by atoms with Gasteiger partial charge >= 0.3 is 5.69 Å². The Morgan fingerprint density at radius 3 is 2.69 bits per heavy atom. The summed E-state index contributed by atoms with van der Waals surface area (Å²) >= 11 is 0. The van der Waals surface area contributed by atoms with Crippen molar-refractivity contribution in [2.24, 2.45) is 4.99 Å². The van der Waals surface area contributed by atoms with Crippen molar-refractivity contribution < 1.29 is 0 Å². The van der Waals surface area contributed by atoms with Crippen LogP contribution in [0.3, 0.4) is 0 Å². The van der Waals surface area contributed by atoms with E-state index < -0.39 is 0 Å². The van der Waals surface area contributed by atoms with E-state index in [-0.39, 0.29) is 29.7 Å². The SMILES string of the molecule is CN=C(NCCCn1nc2n(c1=O)CCCC2)NCCc1ccc(-n2cccn2)cc1.I. The quantitative estimate of drug-likeness (QED) is 0.194. The number of aryl methyl sites for hydroxylation is 2. The summed E-state index contributed by atoms with van der Waals surface area (Å²) in [6.45, 7) is 2.93. The van der Waals surface area contributed by atoms with E-state index in [1.54, 1.807) is 17.9 Å². The fourth-order valence-corrected chi connectivity index (χ4v) is 3.81. The lowest BCUT2D eigenvalue weighted by Gasteiger charge is -2.12. The summed E-state index contributed by atoms with van der Waals surface area (Å²) in [4.78, 5) is 16.6. The number of benzene rings is 1. The average molecular weight is 550 g/mol. The van der Waals surface area contributed by atoms with Crippen molar-refractivity contribution in [2.75, 3.05) is 20.1 Å². The Hall–Kier alpha value is -2.63. The molecule has 1 aromatic carbocycles. The molecule has 172 valence electrons. The second kappa shape index (κ2) is 11.8. The normalized spacial score (nSPS) is 13.3. The summed E-state index contributed by atoms with van der Waals surface area (Å²) in [5, 5.41) is 15.4. The fraction of sp³-hybridized carbons (Fsp3) is 0.455. The standard InChI is InChI=1S/C22H30N8O.HI/c1-23-21(24-12-4-17-30-22(31)28-15-3-2-6-20(28)27-30)25-14-11-18-7-9-19(10-8-18)29-16-5-13-26-29;/h5,7-10,13,16H,2-4,6,11-12,14-15,17H2,1H3,(H2,23,24,25);1H. The Kier molecular flexibility index (Phi) is 8.89. The molecule has 3 heterocycles. The van der Waals surface area contributed by atoms with E-state index in [2.05, 4.69) is 50.1 Å². The van der Waals surface area contributed by atoms with Gasteiger partial charge in [0, 0.05) is 52.0 Å². The molecule has 0 amide bonds. The molecule has 0 unspecified atom stereocenters. The number of aromatic nitrogens is 5. The zero-order valence-corrected chi connectivity index (χ0v) is 20.7. The van der Waals surface area contributed by atoms with Crippen LogP contribution in [-0.4, -0.2) is 50.2 Å². The van der Waals surface area contributed by atoms with Gasteiger partial charge in [-0.25, -0.2) is 14.2 Å². The van der Waals surface area contributed by atoms with Crippen molar-refractivity contribution in [1.29, 1.82) is 0 Å². The minimum Gasteiger partial charge on any atom is -0.356 e. The molecule has 1 aliphatic heterocycles. The van der Waals surface area contributed by atoms with E-state index >= 15 is 0 Å². The third-order valence-corrected chi connectivity index (χ3v) is 5.51. The molecule has 9 nitrogen and oxygen atoms in total. The molecule has 2 aromatic heterocycles. The van der Waals surface area contributed by atoms with E-state index in [1.807, 2.05) is 21.5 Å². The van der Waals surface area contributed by atoms with Gasteiger partial charge in [0.15, 0.2) is 5.96 Å². The Balaban J connectivity index is 0.00000289. The van der Waals surface area contributed by atoms with Crippen LogP contribution in [0.4, 0.5) is 0 Å². The highest BCUT2D eigenvalue weighted by molar-refractivity contribution is 14.0. The molecular weight excluding hydrogens is 519 g/mol. The zero-order chi connectivity index (χ0) is 21.5. The first-order chi connectivity index (χ1) is 15.2. The summed E-state index contributed by atoms with van der Waals surface area (Å²) in [6, 6.07) is 10.3. The number of rotatable bonds is 8. The summed E-state index contributed by atoms with van der Waals surface area (Å²) in [5.41, 5.74) is 2.33. The van der Waals surface area contributed by atoms with Crippen molar-refractivity contribution in [3.8, 4) is 5.69 Å². The van der Waals surface area contributed by atoms with E-state index in [0.29, 0.717) is 6.54 Å². The van der Waals surface area contributed by atoms with Gasteiger partial charge in [-0.05, 0) is 49.4 Å². The van der Waals surface area contributed by atoms with Crippen molar-refractivity contribution in [3.63, 3.8) is 0 Å². The molecule has 0 radical (unpaired) electrons. The molecule has 0 spiro atoms. The van der Waals surface area contributed by atoms with Crippen LogP contribution in [-0.2, 0) is 25.9 Å². The highest BCUT2D eigenvalue weighted by Crippen LogP contribution is 2.10. The minimum absolute atomic E-state index is 0. The van der Waals surface area contributed by atoms with Crippen LogP contribution >= 0.6 is 24.0 Å². The largest absolute Gasteiger partial charge is 0.356 e. The Bertz CT molecular complexity index is 1050. The van der Waals surface area contributed by atoms with Crippen LogP contribution in [0.1, 0.15) is 30.7 Å². The predicted octanol–water partition coefficient (Wildman–Crippen LogP) is 1.98. The van der Waals surface area contributed by atoms with Crippen LogP contribution in [0, 0.1) is 0 Å². The topological polar surface area (TPSA) is 94.1 Å². The van der Waals surface area contributed by atoms with Crippen LogP contribution < -0.4 is 16.3 Å². The second-order valence-corrected chi connectivity index (χ2v) is 7.68. The van der Waals surface area contributed by atoms with Gasteiger partial charge in [-0.15, -0.1) is 24.0 Å². The molecule has 10 heteroatoms. The number of nitrogens with one attached hydrogen (secondary N) is 2. The summed E-state index contributed by atoms with van der Waals surface area (Å²) in [7, 11) is 1.77. The molecule has 3 aromatic rings. The number of fused-ring (bicyclic) bond motifs is 1. The molecule has 0 saturated heterocycles. The van der Waals surface area contributed by atoms with Gasteiger partial charge < -0.3 is 10.6 Å². The van der Waals surface area contributed by atoms with E-state index in [0.717, 1.165) is 69.2 Å². The highest BCUT2D eigenvalue weighted by Gasteiger charge is 2.16. The van der Waals surface area contributed by atoms with Crippen LogP contribution in [0.2, 0.25) is 0 Å². The lowest BCUT2D eigenvalue weighted by Crippen LogP contribution is -2.39. The maximum Gasteiger partial charge on any atom is 0.345 e. The Morgan fingerprint density at radius 1 is 1.16 bits per heavy atom. The third kappa shape index (κ3) is 5.99. The van der Waals surface area contributed by atoms with Gasteiger partial charge in [0.25, 0.3) is 0 Å². The molecule has 0 bridgehead atoms. The van der Waals surface area contributed by atoms with Gasteiger partial charge in [-0.1, -0.05) is 12.1 Å². The maximum absolute atomic E-state index is 12.4. The van der Waals surface area contributed by atoms with E-state index in [1.165, 1.54) is 5.56 Å². The lowest BCUT2D eigenvalue weighted by molar-refractivity contribution is 0.509. The van der Waals surface area contributed by atoms with Gasteiger partial charge in [0.1, 0.15) is 5.82 Å². The van der Waals surface area contributed by atoms with Crippen molar-refractivity contribution in [1.82, 2.24) is 34.8 Å². The molecule has 32 heavy (non-hydrogen) atoms. The van der Waals surface area contributed by atoms with E-state index in [9.17, 15) is 4.79 Å². The number of nitrogens with zero attached hydrogens (tertiary/aromatic N) is 6. The van der Waals surface area contributed by atoms with Gasteiger partial charge in [0.2, 0.25) is 0 Å². The Labute approximate surface area is 204 Å². The molecule has 0 fully saturated rings. The van der Waals surface area contributed by atoms with Gasteiger partial charge in [-0.2, -0.15) is 10.2 Å². The zero-order valence-electron chi connectivity index (χ0n) is 18.4. The number of halogens is 1. The first kappa shape index (κ1) is 24.0. The van der Waals surface area contributed by atoms with Gasteiger partial charge in [-0.3, -0.25) is 9.56 Å². The van der Waals surface area contributed by atoms with Crippen molar-refractivity contribution >= 4 is 29.9 Å². The van der Waals surface area contributed by atoms with E-state index in [4.69, 9.17) is 0 Å². The summed E-state index contributed by atoms with van der Waals surface area (Å²) < 4.78 is 5.27. The smallest absolute Gasteiger partial charge is 0.345 e. The lowest BCUT2D eigenvalue weighted by atomic mass is 10.1. The molecular formula is C22H31IN8O. The van der Waals surface area contributed by atoms with Crippen molar-refractivity contribution in [3.05, 3.63) is 64.6 Å². The van der Waals surface area contributed by atoms with Crippen LogP contribution in [0.15, 0.2) is 52.5 Å². The first-order valence-electron chi connectivity index (χ1n) is 10.9. The third-order valence-electron chi connectivity index (χ3n) is 5.51. The Morgan fingerprint density at radius 2 is 1.97 bits per heavy atom. The van der Waals surface area contributed by atoms with Crippen LogP contribution in [0.25, 0.3) is 5.69 Å². The number of hydrogen-bond donors (Lipinski definition) is 2. The first-order valence-corrected chi connectivity index (χ1v) is 10.9. The highest BCUT2D eigenvalue weighted by atomic mass is 127. The van der Waals surface area contributed by atoms with Gasteiger partial charge in [0.05, 0.1) is 5.69 Å². The number of hydrogen-bond acceptors (Lipinski definition) is 4. The number of aliphatic imine (C=N–C) groups is 1. The monoisotopic (exact) mass is 550 g/mol. The summed E-state index contributed by atoms with van der Waals surface area (Å²) in [6.07, 6.45) is 8.51. The number of guanidine groups is 1. The van der Waals surface area contributed by atoms with Crippen molar-refractivity contribution in [2.45, 2.75) is 45.2 Å². The molecule has 0 saturated carbocycles. The average Bonchev–Trinajstić information content (AvgIpc) is 3.45. The molecule has 0 aliphatic carbocycles. The fourth-order valence-electron chi connectivity index (χ4n) is 3.81. The maximum atomic E-state index is 12.4. The minimum atomic E-state index is 0. The molecule has 1 aliphatic rings. The van der Waals surface area contributed by atoms with Crippen LogP contribution in [0.5, 0.6) is 0 Å².